The lowest BCUT2D eigenvalue weighted by Gasteiger charge is -2.14. The zero-order chi connectivity index (χ0) is 16.8. The molecular formula is C16H11N3O5. The predicted molar refractivity (Wildman–Crippen MR) is 82.3 cm³/mol. The maximum Gasteiger partial charge on any atom is 0.356 e. The van der Waals surface area contributed by atoms with Gasteiger partial charge in [0.05, 0.1) is 22.6 Å². The maximum atomic E-state index is 11.5. The third-order valence-corrected chi connectivity index (χ3v) is 4.09. The molecule has 120 valence electrons. The average molecular weight is 325 g/mol. The fourth-order valence-electron chi connectivity index (χ4n) is 3.02. The van der Waals surface area contributed by atoms with Gasteiger partial charge in [-0.25, -0.2) is 9.48 Å². The van der Waals surface area contributed by atoms with Crippen LogP contribution in [0.3, 0.4) is 0 Å². The van der Waals surface area contributed by atoms with E-state index in [1.54, 1.807) is 24.5 Å². The van der Waals surface area contributed by atoms with Gasteiger partial charge in [0.15, 0.2) is 5.69 Å². The molecule has 0 saturated carbocycles. The number of nitro groups is 1. The zero-order valence-electron chi connectivity index (χ0n) is 12.3. The Bertz CT molecular complexity index is 968. The minimum atomic E-state index is -1.10. The SMILES string of the molecule is O=C(O)c1nn(-c2ccc([N+](=O)[O-])cc2)c2c1CCc1occc1-2. The van der Waals surface area contributed by atoms with Crippen LogP contribution in [0.25, 0.3) is 16.9 Å². The van der Waals surface area contributed by atoms with Crippen molar-refractivity contribution in [1.29, 1.82) is 0 Å². The van der Waals surface area contributed by atoms with E-state index in [1.807, 2.05) is 0 Å². The van der Waals surface area contributed by atoms with Gasteiger partial charge in [0.1, 0.15) is 5.76 Å². The van der Waals surface area contributed by atoms with Crippen molar-refractivity contribution in [2.75, 3.05) is 0 Å². The fraction of sp³-hybridized carbons (Fsp3) is 0.125. The van der Waals surface area contributed by atoms with Crippen LogP contribution in [0.5, 0.6) is 0 Å². The van der Waals surface area contributed by atoms with Gasteiger partial charge in [-0.2, -0.15) is 5.10 Å². The summed E-state index contributed by atoms with van der Waals surface area (Å²) in [6.07, 6.45) is 2.69. The molecular weight excluding hydrogens is 314 g/mol. The van der Waals surface area contributed by atoms with E-state index in [2.05, 4.69) is 5.10 Å². The highest BCUT2D eigenvalue weighted by Gasteiger charge is 2.30. The molecule has 1 aliphatic rings. The number of hydrogen-bond donors (Lipinski definition) is 1. The van der Waals surface area contributed by atoms with E-state index in [4.69, 9.17) is 4.42 Å². The molecule has 0 bridgehead atoms. The molecule has 8 heteroatoms. The molecule has 0 unspecified atom stereocenters. The second kappa shape index (κ2) is 5.05. The minimum absolute atomic E-state index is 0.00444. The standard InChI is InChI=1S/C16H11N3O5/c20-16(21)14-12-5-6-13-11(7-8-24-13)15(12)18(17-14)9-1-3-10(4-2-9)19(22)23/h1-4,7-8H,5-6H2,(H,20,21). The third-order valence-electron chi connectivity index (χ3n) is 4.09. The largest absolute Gasteiger partial charge is 0.476 e. The van der Waals surface area contributed by atoms with Crippen LogP contribution in [0.1, 0.15) is 21.8 Å². The number of carbonyl (C=O) groups is 1. The number of aromatic nitrogens is 2. The smallest absolute Gasteiger partial charge is 0.356 e. The van der Waals surface area contributed by atoms with Gasteiger partial charge in [-0.3, -0.25) is 10.1 Å². The highest BCUT2D eigenvalue weighted by atomic mass is 16.6. The van der Waals surface area contributed by atoms with E-state index in [9.17, 15) is 20.0 Å². The average Bonchev–Trinajstić information content (AvgIpc) is 3.18. The Kier molecular flexibility index (Phi) is 2.99. The minimum Gasteiger partial charge on any atom is -0.476 e. The van der Waals surface area contributed by atoms with Crippen LogP contribution in [-0.4, -0.2) is 25.8 Å². The molecule has 0 amide bonds. The fourth-order valence-corrected chi connectivity index (χ4v) is 3.02. The van der Waals surface area contributed by atoms with Gasteiger partial charge in [0, 0.05) is 29.7 Å². The zero-order valence-corrected chi connectivity index (χ0v) is 12.3. The Morgan fingerprint density at radius 3 is 2.67 bits per heavy atom. The summed E-state index contributed by atoms with van der Waals surface area (Å²) in [5.74, 6) is -0.318. The first kappa shape index (κ1) is 14.2. The monoisotopic (exact) mass is 325 g/mol. The molecule has 0 fully saturated rings. The van der Waals surface area contributed by atoms with Crippen LogP contribution in [0.15, 0.2) is 41.0 Å². The van der Waals surface area contributed by atoms with E-state index in [1.165, 1.54) is 16.8 Å². The molecule has 24 heavy (non-hydrogen) atoms. The molecule has 8 nitrogen and oxygen atoms in total. The Hall–Kier alpha value is -3.42. The lowest BCUT2D eigenvalue weighted by molar-refractivity contribution is -0.384. The van der Waals surface area contributed by atoms with E-state index >= 15 is 0 Å². The van der Waals surface area contributed by atoms with Crippen molar-refractivity contribution >= 4 is 11.7 Å². The molecule has 4 rings (SSSR count). The lowest BCUT2D eigenvalue weighted by Crippen LogP contribution is -2.06. The summed E-state index contributed by atoms with van der Waals surface area (Å²) in [6, 6.07) is 7.60. The first-order valence-corrected chi connectivity index (χ1v) is 7.23. The number of furan rings is 1. The lowest BCUT2D eigenvalue weighted by atomic mass is 9.94. The second-order valence-corrected chi connectivity index (χ2v) is 5.42. The van der Waals surface area contributed by atoms with Gasteiger partial charge in [0.2, 0.25) is 0 Å². The first-order valence-electron chi connectivity index (χ1n) is 7.23. The molecule has 0 spiro atoms. The van der Waals surface area contributed by atoms with Crippen molar-refractivity contribution in [3.05, 3.63) is 63.7 Å². The van der Waals surface area contributed by atoms with E-state index in [-0.39, 0.29) is 11.4 Å². The van der Waals surface area contributed by atoms with Crippen LogP contribution >= 0.6 is 0 Å². The van der Waals surface area contributed by atoms with Crippen LogP contribution in [0.4, 0.5) is 5.69 Å². The molecule has 1 aliphatic carbocycles. The van der Waals surface area contributed by atoms with Gasteiger partial charge in [0.25, 0.3) is 5.69 Å². The number of benzene rings is 1. The molecule has 1 aromatic carbocycles. The summed E-state index contributed by atoms with van der Waals surface area (Å²) in [6.45, 7) is 0. The van der Waals surface area contributed by atoms with Crippen LogP contribution in [-0.2, 0) is 12.8 Å². The highest BCUT2D eigenvalue weighted by Crippen LogP contribution is 2.37. The molecule has 0 atom stereocenters. The Morgan fingerprint density at radius 1 is 1.25 bits per heavy atom. The topological polar surface area (TPSA) is 111 Å². The number of fused-ring (bicyclic) bond motifs is 3. The number of rotatable bonds is 3. The van der Waals surface area contributed by atoms with Crippen molar-refractivity contribution in [2.45, 2.75) is 12.8 Å². The maximum absolute atomic E-state index is 11.5. The summed E-state index contributed by atoms with van der Waals surface area (Å²) >= 11 is 0. The summed E-state index contributed by atoms with van der Waals surface area (Å²) in [5.41, 5.74) is 2.62. The van der Waals surface area contributed by atoms with Crippen molar-refractivity contribution in [1.82, 2.24) is 9.78 Å². The molecule has 1 N–H and O–H groups in total. The number of aryl methyl sites for hydroxylation is 1. The number of nitrogens with zero attached hydrogens (tertiary/aromatic N) is 3. The molecule has 3 aromatic rings. The van der Waals surface area contributed by atoms with Gasteiger partial charge in [-0.15, -0.1) is 0 Å². The van der Waals surface area contributed by atoms with Crippen LogP contribution in [0, 0.1) is 10.1 Å². The molecule has 0 aliphatic heterocycles. The van der Waals surface area contributed by atoms with E-state index < -0.39 is 10.9 Å². The molecule has 0 radical (unpaired) electrons. The number of carboxylic acid groups (broad SMARTS) is 1. The first-order chi connectivity index (χ1) is 11.6. The van der Waals surface area contributed by atoms with E-state index in [0.717, 1.165) is 11.3 Å². The van der Waals surface area contributed by atoms with Crippen molar-refractivity contribution in [3.63, 3.8) is 0 Å². The summed E-state index contributed by atoms with van der Waals surface area (Å²) in [5, 5.41) is 24.4. The Balaban J connectivity index is 1.94. The van der Waals surface area contributed by atoms with Crippen molar-refractivity contribution in [3.8, 4) is 16.9 Å². The van der Waals surface area contributed by atoms with Crippen LogP contribution in [0.2, 0.25) is 0 Å². The summed E-state index contributed by atoms with van der Waals surface area (Å²) < 4.78 is 6.96. The number of carboxylic acids is 1. The number of hydrogen-bond acceptors (Lipinski definition) is 5. The van der Waals surface area contributed by atoms with Crippen molar-refractivity contribution in [2.24, 2.45) is 0 Å². The van der Waals surface area contributed by atoms with Crippen LogP contribution < -0.4 is 0 Å². The molecule has 2 aromatic heterocycles. The predicted octanol–water partition coefficient (Wildman–Crippen LogP) is 2.84. The normalized spacial score (nSPS) is 12.5. The quantitative estimate of drug-likeness (QED) is 0.585. The van der Waals surface area contributed by atoms with Gasteiger partial charge in [-0.05, 0) is 24.6 Å². The summed E-state index contributed by atoms with van der Waals surface area (Å²) in [4.78, 5) is 21.8. The summed E-state index contributed by atoms with van der Waals surface area (Å²) in [7, 11) is 0. The Labute approximate surface area is 135 Å². The van der Waals surface area contributed by atoms with Gasteiger partial charge in [-0.1, -0.05) is 0 Å². The van der Waals surface area contributed by atoms with Crippen molar-refractivity contribution < 1.29 is 19.2 Å². The van der Waals surface area contributed by atoms with Gasteiger partial charge >= 0.3 is 5.97 Å². The second-order valence-electron chi connectivity index (χ2n) is 5.42. The third kappa shape index (κ3) is 2.00. The van der Waals surface area contributed by atoms with Gasteiger partial charge < -0.3 is 9.52 Å². The number of aromatic carboxylic acids is 1. The molecule has 0 saturated heterocycles. The highest BCUT2D eigenvalue weighted by molar-refractivity contribution is 5.90. The van der Waals surface area contributed by atoms with E-state index in [0.29, 0.717) is 29.8 Å². The molecule has 2 heterocycles. The number of non-ortho nitro benzene ring substituents is 1. The Morgan fingerprint density at radius 2 is 2.00 bits per heavy atom. The number of nitro benzene ring substituents is 1.